The van der Waals surface area contributed by atoms with E-state index in [1.807, 2.05) is 12.4 Å². The van der Waals surface area contributed by atoms with Gasteiger partial charge in [-0.25, -0.2) is 9.97 Å². The third kappa shape index (κ3) is 3.19. The summed E-state index contributed by atoms with van der Waals surface area (Å²) in [6.07, 6.45) is 9.10. The number of rotatable bonds is 5. The standard InChI is InChI=1S/C14H23N3O/c1-3-15-8-11-6-4-5-7-13(11)12-9-16-14(18-2)17-10-12/h9-11,13,15H,3-8H2,1-2H3. The molecule has 0 saturated heterocycles. The van der Waals surface area contributed by atoms with Crippen molar-refractivity contribution in [2.24, 2.45) is 5.92 Å². The molecular weight excluding hydrogens is 226 g/mol. The Balaban J connectivity index is 2.06. The molecule has 2 atom stereocenters. The Morgan fingerprint density at radius 2 is 2.00 bits per heavy atom. The summed E-state index contributed by atoms with van der Waals surface area (Å²) < 4.78 is 5.01. The highest BCUT2D eigenvalue weighted by atomic mass is 16.5. The summed E-state index contributed by atoms with van der Waals surface area (Å²) in [5.74, 6) is 1.32. The molecule has 0 radical (unpaired) electrons. The molecule has 1 fully saturated rings. The number of ether oxygens (including phenoxy) is 1. The largest absolute Gasteiger partial charge is 0.467 e. The van der Waals surface area contributed by atoms with Gasteiger partial charge in [0, 0.05) is 12.4 Å². The first-order chi connectivity index (χ1) is 8.85. The normalized spacial score (nSPS) is 23.9. The minimum atomic E-state index is 0.456. The Hall–Kier alpha value is -1.16. The van der Waals surface area contributed by atoms with E-state index in [-0.39, 0.29) is 0 Å². The van der Waals surface area contributed by atoms with Crippen molar-refractivity contribution in [1.29, 1.82) is 0 Å². The van der Waals surface area contributed by atoms with Gasteiger partial charge in [-0.15, -0.1) is 0 Å². The Kier molecular flexibility index (Phi) is 4.93. The van der Waals surface area contributed by atoms with E-state index < -0.39 is 0 Å². The van der Waals surface area contributed by atoms with Gasteiger partial charge in [-0.1, -0.05) is 19.8 Å². The van der Waals surface area contributed by atoms with Crippen molar-refractivity contribution >= 4 is 0 Å². The predicted octanol–water partition coefficient (Wildman–Crippen LogP) is 2.37. The summed E-state index contributed by atoms with van der Waals surface area (Å²) in [5, 5.41) is 3.47. The summed E-state index contributed by atoms with van der Waals surface area (Å²) in [5.41, 5.74) is 1.26. The van der Waals surface area contributed by atoms with Crippen molar-refractivity contribution < 1.29 is 4.74 Å². The fraction of sp³-hybridized carbons (Fsp3) is 0.714. The van der Waals surface area contributed by atoms with E-state index in [1.165, 1.54) is 31.2 Å². The Morgan fingerprint density at radius 3 is 2.67 bits per heavy atom. The molecule has 0 aliphatic heterocycles. The van der Waals surface area contributed by atoms with Crippen LogP contribution < -0.4 is 10.1 Å². The predicted molar refractivity (Wildman–Crippen MR) is 71.8 cm³/mol. The van der Waals surface area contributed by atoms with Gasteiger partial charge in [-0.3, -0.25) is 0 Å². The van der Waals surface area contributed by atoms with Gasteiger partial charge in [0.25, 0.3) is 0 Å². The first-order valence-electron chi connectivity index (χ1n) is 6.91. The van der Waals surface area contributed by atoms with Crippen molar-refractivity contribution in [3.8, 4) is 6.01 Å². The van der Waals surface area contributed by atoms with Crippen molar-refractivity contribution in [3.05, 3.63) is 18.0 Å². The number of nitrogens with one attached hydrogen (secondary N) is 1. The van der Waals surface area contributed by atoms with Crippen molar-refractivity contribution in [3.63, 3.8) is 0 Å². The number of nitrogens with zero attached hydrogens (tertiary/aromatic N) is 2. The second-order valence-corrected chi connectivity index (χ2v) is 4.96. The van der Waals surface area contributed by atoms with Gasteiger partial charge in [0.1, 0.15) is 0 Å². The summed E-state index contributed by atoms with van der Waals surface area (Å²) in [6, 6.07) is 0.456. The van der Waals surface area contributed by atoms with Gasteiger partial charge in [0.2, 0.25) is 0 Å². The van der Waals surface area contributed by atoms with E-state index in [0.717, 1.165) is 19.0 Å². The molecule has 1 aromatic rings. The topological polar surface area (TPSA) is 47.0 Å². The van der Waals surface area contributed by atoms with E-state index in [0.29, 0.717) is 11.9 Å². The molecule has 1 saturated carbocycles. The van der Waals surface area contributed by atoms with Crippen LogP contribution in [0.3, 0.4) is 0 Å². The molecule has 0 bridgehead atoms. The molecule has 0 aromatic carbocycles. The number of aromatic nitrogens is 2. The average molecular weight is 249 g/mol. The second-order valence-electron chi connectivity index (χ2n) is 4.96. The summed E-state index contributed by atoms with van der Waals surface area (Å²) in [4.78, 5) is 8.47. The van der Waals surface area contributed by atoms with Crippen LogP contribution >= 0.6 is 0 Å². The number of hydrogen-bond donors (Lipinski definition) is 1. The molecule has 0 amide bonds. The molecular formula is C14H23N3O. The lowest BCUT2D eigenvalue weighted by Crippen LogP contribution is -2.29. The van der Waals surface area contributed by atoms with E-state index in [9.17, 15) is 0 Å². The zero-order valence-corrected chi connectivity index (χ0v) is 11.4. The van der Waals surface area contributed by atoms with Crippen LogP contribution in [0.5, 0.6) is 6.01 Å². The highest BCUT2D eigenvalue weighted by molar-refractivity contribution is 5.15. The fourth-order valence-electron chi connectivity index (χ4n) is 2.84. The summed E-state index contributed by atoms with van der Waals surface area (Å²) >= 11 is 0. The van der Waals surface area contributed by atoms with Crippen molar-refractivity contribution in [1.82, 2.24) is 15.3 Å². The van der Waals surface area contributed by atoms with Crippen molar-refractivity contribution in [2.45, 2.75) is 38.5 Å². The third-order valence-corrected chi connectivity index (χ3v) is 3.82. The Labute approximate surface area is 109 Å². The minimum absolute atomic E-state index is 0.456. The van der Waals surface area contributed by atoms with E-state index in [2.05, 4.69) is 22.2 Å². The zero-order chi connectivity index (χ0) is 12.8. The molecule has 2 unspecified atom stereocenters. The van der Waals surface area contributed by atoms with E-state index in [4.69, 9.17) is 4.74 Å². The van der Waals surface area contributed by atoms with Gasteiger partial charge in [0.05, 0.1) is 7.11 Å². The highest BCUT2D eigenvalue weighted by Gasteiger charge is 2.26. The van der Waals surface area contributed by atoms with Crippen LogP contribution in [0.15, 0.2) is 12.4 Å². The van der Waals surface area contributed by atoms with Crippen LogP contribution in [0, 0.1) is 5.92 Å². The second kappa shape index (κ2) is 6.69. The smallest absolute Gasteiger partial charge is 0.316 e. The molecule has 1 aliphatic carbocycles. The number of hydrogen-bond acceptors (Lipinski definition) is 4. The average Bonchev–Trinajstić information content (AvgIpc) is 2.45. The number of methoxy groups -OCH3 is 1. The van der Waals surface area contributed by atoms with Crippen LogP contribution in [0.1, 0.15) is 44.1 Å². The van der Waals surface area contributed by atoms with E-state index in [1.54, 1.807) is 7.11 Å². The van der Waals surface area contributed by atoms with Gasteiger partial charge < -0.3 is 10.1 Å². The minimum Gasteiger partial charge on any atom is -0.467 e. The van der Waals surface area contributed by atoms with Crippen LogP contribution in [0.4, 0.5) is 0 Å². The van der Waals surface area contributed by atoms with Gasteiger partial charge in [-0.2, -0.15) is 0 Å². The summed E-state index contributed by atoms with van der Waals surface area (Å²) in [7, 11) is 1.60. The molecule has 2 rings (SSSR count). The molecule has 0 spiro atoms. The maximum absolute atomic E-state index is 5.01. The Bertz CT molecular complexity index is 353. The first-order valence-corrected chi connectivity index (χ1v) is 6.91. The SMILES string of the molecule is CCNCC1CCCCC1c1cnc(OC)nc1. The van der Waals surface area contributed by atoms with Gasteiger partial charge >= 0.3 is 6.01 Å². The first kappa shape index (κ1) is 13.3. The lowest BCUT2D eigenvalue weighted by molar-refractivity contribution is 0.295. The lowest BCUT2D eigenvalue weighted by atomic mass is 9.76. The van der Waals surface area contributed by atoms with E-state index >= 15 is 0 Å². The van der Waals surface area contributed by atoms with Crippen LogP contribution in [0.25, 0.3) is 0 Å². The molecule has 1 N–H and O–H groups in total. The zero-order valence-electron chi connectivity index (χ0n) is 11.4. The fourth-order valence-corrected chi connectivity index (χ4v) is 2.84. The maximum Gasteiger partial charge on any atom is 0.316 e. The van der Waals surface area contributed by atoms with Crippen LogP contribution in [-0.4, -0.2) is 30.2 Å². The van der Waals surface area contributed by atoms with Crippen molar-refractivity contribution in [2.75, 3.05) is 20.2 Å². The van der Waals surface area contributed by atoms with Crippen LogP contribution in [-0.2, 0) is 0 Å². The third-order valence-electron chi connectivity index (χ3n) is 3.82. The molecule has 4 nitrogen and oxygen atoms in total. The van der Waals surface area contributed by atoms with Gasteiger partial charge in [0.15, 0.2) is 0 Å². The van der Waals surface area contributed by atoms with Crippen LogP contribution in [0.2, 0.25) is 0 Å². The molecule has 1 aliphatic rings. The maximum atomic E-state index is 5.01. The molecule has 1 aromatic heterocycles. The molecule has 4 heteroatoms. The lowest BCUT2D eigenvalue weighted by Gasteiger charge is -2.31. The summed E-state index contributed by atoms with van der Waals surface area (Å²) in [6.45, 7) is 4.31. The quantitative estimate of drug-likeness (QED) is 0.870. The molecule has 1 heterocycles. The molecule has 18 heavy (non-hydrogen) atoms. The molecule has 100 valence electrons. The highest BCUT2D eigenvalue weighted by Crippen LogP contribution is 2.37. The van der Waals surface area contributed by atoms with Gasteiger partial charge in [-0.05, 0) is 43.3 Å². The monoisotopic (exact) mass is 249 g/mol. The Morgan fingerprint density at radius 1 is 1.28 bits per heavy atom.